The van der Waals surface area contributed by atoms with Crippen LogP contribution in [-0.2, 0) is 11.3 Å². The molecule has 2 aromatic heterocycles. The van der Waals surface area contributed by atoms with Crippen molar-refractivity contribution in [3.63, 3.8) is 0 Å². The molecule has 2 heterocycles. The number of halogens is 3. The number of aromatic nitrogens is 3. The fourth-order valence-electron chi connectivity index (χ4n) is 2.98. The Hall–Kier alpha value is -3.21. The normalized spacial score (nSPS) is 11.5. The van der Waals surface area contributed by atoms with Crippen LogP contribution < -0.4 is 5.69 Å². The van der Waals surface area contributed by atoms with E-state index in [1.54, 1.807) is 13.0 Å². The van der Waals surface area contributed by atoms with E-state index in [1.807, 2.05) is 0 Å². The van der Waals surface area contributed by atoms with E-state index >= 15 is 0 Å². The van der Waals surface area contributed by atoms with Gasteiger partial charge in [-0.25, -0.2) is 14.2 Å². The van der Waals surface area contributed by atoms with E-state index in [9.17, 15) is 27.9 Å². The van der Waals surface area contributed by atoms with Crippen LogP contribution in [0.2, 0.25) is 0 Å². The third-order valence-electron chi connectivity index (χ3n) is 4.43. The van der Waals surface area contributed by atoms with Crippen LogP contribution in [0.4, 0.5) is 13.2 Å². The number of aromatic hydroxyl groups is 1. The average Bonchev–Trinajstić information content (AvgIpc) is 2.91. The van der Waals surface area contributed by atoms with Crippen molar-refractivity contribution in [2.75, 3.05) is 6.61 Å². The number of hydrogen-bond donors (Lipinski definition) is 1. The number of carbonyl (C=O) groups excluding carboxylic acids is 1. The molecule has 0 radical (unpaired) electrons. The number of thioether (sulfide) groups is 1. The fourth-order valence-corrected chi connectivity index (χ4v) is 3.52. The molecule has 1 aromatic carbocycles. The van der Waals surface area contributed by atoms with E-state index < -0.39 is 17.2 Å². The van der Waals surface area contributed by atoms with Crippen molar-refractivity contribution in [1.82, 2.24) is 14.1 Å². The van der Waals surface area contributed by atoms with Crippen molar-refractivity contribution < 1.29 is 27.8 Å². The van der Waals surface area contributed by atoms with Gasteiger partial charge in [-0.2, -0.15) is 13.2 Å². The van der Waals surface area contributed by atoms with Gasteiger partial charge in [0, 0.05) is 17.3 Å². The molecule has 0 amide bonds. The predicted octanol–water partition coefficient (Wildman–Crippen LogP) is 3.88. The first-order chi connectivity index (χ1) is 14.6. The number of pyridine rings is 1. The van der Waals surface area contributed by atoms with Crippen LogP contribution in [0, 0.1) is 6.92 Å². The van der Waals surface area contributed by atoms with Crippen LogP contribution >= 0.6 is 11.8 Å². The number of hydrogen-bond acceptors (Lipinski definition) is 6. The molecule has 7 nitrogen and oxygen atoms in total. The van der Waals surface area contributed by atoms with Crippen molar-refractivity contribution in [2.45, 2.75) is 30.8 Å². The summed E-state index contributed by atoms with van der Waals surface area (Å²) in [6.07, 6.45) is 2.80. The Bertz CT molecular complexity index is 1150. The number of nitrogens with zero attached hydrogens (tertiary/aromatic N) is 3. The first-order valence-electron chi connectivity index (χ1n) is 9.09. The highest BCUT2D eigenvalue weighted by molar-refractivity contribution is 8.00. The number of esters is 1. The molecular formula is C20H18F3N3O4S. The molecule has 0 unspecified atom stereocenters. The Balaban J connectivity index is 1.98. The van der Waals surface area contributed by atoms with Crippen LogP contribution in [0.5, 0.6) is 5.88 Å². The topological polar surface area (TPSA) is 86.3 Å². The summed E-state index contributed by atoms with van der Waals surface area (Å²) in [5.74, 6) is -0.939. The van der Waals surface area contributed by atoms with Gasteiger partial charge in [0.15, 0.2) is 0 Å². The molecular weight excluding hydrogens is 435 g/mol. The van der Waals surface area contributed by atoms with Crippen LogP contribution in [0.15, 0.2) is 52.4 Å². The molecule has 11 heteroatoms. The SMILES string of the molecule is CCOC(=O)c1cnccc1Cn1c(C)c(O)n(-c2ccc(SC(F)(F)F)cc2)c1=O. The molecule has 164 valence electrons. The molecule has 31 heavy (non-hydrogen) atoms. The lowest BCUT2D eigenvalue weighted by Crippen LogP contribution is -2.25. The third kappa shape index (κ3) is 4.93. The minimum Gasteiger partial charge on any atom is -0.493 e. The Kier molecular flexibility index (Phi) is 6.44. The minimum absolute atomic E-state index is 0.0378. The molecule has 0 saturated heterocycles. The smallest absolute Gasteiger partial charge is 0.446 e. The zero-order valence-corrected chi connectivity index (χ0v) is 17.3. The summed E-state index contributed by atoms with van der Waals surface area (Å²) in [5, 5.41) is 10.5. The molecule has 0 saturated carbocycles. The van der Waals surface area contributed by atoms with E-state index in [2.05, 4.69) is 4.98 Å². The minimum atomic E-state index is -4.43. The summed E-state index contributed by atoms with van der Waals surface area (Å²) in [7, 11) is 0. The van der Waals surface area contributed by atoms with Gasteiger partial charge in [0.1, 0.15) is 0 Å². The van der Waals surface area contributed by atoms with Gasteiger partial charge in [-0.15, -0.1) is 0 Å². The van der Waals surface area contributed by atoms with Gasteiger partial charge in [-0.3, -0.25) is 9.55 Å². The van der Waals surface area contributed by atoms with Crippen molar-refractivity contribution >= 4 is 17.7 Å². The quantitative estimate of drug-likeness (QED) is 0.450. The molecule has 3 rings (SSSR count). The number of imidazole rings is 1. The number of rotatable bonds is 6. The highest BCUT2D eigenvalue weighted by atomic mass is 32.2. The number of alkyl halides is 3. The van der Waals surface area contributed by atoms with Crippen molar-refractivity contribution in [3.8, 4) is 11.6 Å². The highest BCUT2D eigenvalue weighted by Gasteiger charge is 2.29. The van der Waals surface area contributed by atoms with E-state index in [0.717, 1.165) is 4.57 Å². The van der Waals surface area contributed by atoms with Gasteiger partial charge in [0.2, 0.25) is 5.88 Å². The average molecular weight is 453 g/mol. The lowest BCUT2D eigenvalue weighted by molar-refractivity contribution is -0.0328. The first-order valence-corrected chi connectivity index (χ1v) is 9.91. The van der Waals surface area contributed by atoms with Gasteiger partial charge in [-0.05, 0) is 61.5 Å². The zero-order chi connectivity index (χ0) is 22.8. The van der Waals surface area contributed by atoms with Crippen molar-refractivity contribution in [1.29, 1.82) is 0 Å². The third-order valence-corrected chi connectivity index (χ3v) is 5.17. The number of benzene rings is 1. The monoisotopic (exact) mass is 453 g/mol. The predicted molar refractivity (Wildman–Crippen MR) is 108 cm³/mol. The Morgan fingerprint density at radius 1 is 1.23 bits per heavy atom. The van der Waals surface area contributed by atoms with Crippen LogP contribution in [-0.4, -0.2) is 37.3 Å². The van der Waals surface area contributed by atoms with Gasteiger partial charge < -0.3 is 9.84 Å². The zero-order valence-electron chi connectivity index (χ0n) is 16.5. The van der Waals surface area contributed by atoms with Crippen LogP contribution in [0.3, 0.4) is 0 Å². The fraction of sp³-hybridized carbons (Fsp3) is 0.250. The van der Waals surface area contributed by atoms with Crippen molar-refractivity contribution in [2.24, 2.45) is 0 Å². The molecule has 3 aromatic rings. The van der Waals surface area contributed by atoms with E-state index in [-0.39, 0.29) is 52.6 Å². The molecule has 0 aliphatic carbocycles. The molecule has 0 aliphatic rings. The molecule has 0 bridgehead atoms. The Labute approximate surface area is 179 Å². The summed E-state index contributed by atoms with van der Waals surface area (Å²) in [6.45, 7) is 3.32. The Morgan fingerprint density at radius 3 is 2.52 bits per heavy atom. The van der Waals surface area contributed by atoms with Gasteiger partial charge >= 0.3 is 17.2 Å². The molecule has 1 N–H and O–H groups in total. The second-order valence-corrected chi connectivity index (χ2v) is 7.55. The van der Waals surface area contributed by atoms with Gasteiger partial charge in [0.05, 0.1) is 30.1 Å². The highest BCUT2D eigenvalue weighted by Crippen LogP contribution is 2.37. The standard InChI is InChI=1S/C20H18F3N3O4S/c1-3-30-18(28)16-10-24-9-8-13(16)11-25-12(2)17(27)26(19(25)29)14-4-6-15(7-5-14)31-20(21,22)23/h4-10,27H,3,11H2,1-2H3. The van der Waals surface area contributed by atoms with E-state index in [4.69, 9.17) is 4.74 Å². The lowest BCUT2D eigenvalue weighted by atomic mass is 10.1. The first kappa shape index (κ1) is 22.5. The summed E-state index contributed by atoms with van der Waals surface area (Å²) in [5.41, 5.74) is -3.95. The van der Waals surface area contributed by atoms with E-state index in [0.29, 0.717) is 5.56 Å². The summed E-state index contributed by atoms with van der Waals surface area (Å²) < 4.78 is 44.8. The maximum Gasteiger partial charge on any atom is 0.446 e. The number of carbonyl (C=O) groups is 1. The lowest BCUT2D eigenvalue weighted by Gasteiger charge is -2.09. The van der Waals surface area contributed by atoms with Crippen LogP contribution in [0.1, 0.15) is 28.5 Å². The summed E-state index contributed by atoms with van der Waals surface area (Å²) in [4.78, 5) is 29.0. The maximum absolute atomic E-state index is 13.0. The molecule has 0 aliphatic heterocycles. The Morgan fingerprint density at radius 2 is 1.90 bits per heavy atom. The summed E-state index contributed by atoms with van der Waals surface area (Å²) >= 11 is -0.273. The summed E-state index contributed by atoms with van der Waals surface area (Å²) in [6, 6.07) is 6.63. The van der Waals surface area contributed by atoms with Gasteiger partial charge in [0.25, 0.3) is 0 Å². The number of ether oxygens (including phenoxy) is 1. The second kappa shape index (κ2) is 8.88. The molecule has 0 atom stereocenters. The van der Waals surface area contributed by atoms with Crippen molar-refractivity contribution in [3.05, 3.63) is 70.0 Å². The van der Waals surface area contributed by atoms with E-state index in [1.165, 1.54) is 48.1 Å². The maximum atomic E-state index is 13.0. The largest absolute Gasteiger partial charge is 0.493 e. The van der Waals surface area contributed by atoms with Gasteiger partial charge in [-0.1, -0.05) is 0 Å². The molecule has 0 spiro atoms. The van der Waals surface area contributed by atoms with Crippen LogP contribution in [0.25, 0.3) is 5.69 Å². The molecule has 0 fully saturated rings. The second-order valence-electron chi connectivity index (χ2n) is 6.41.